The van der Waals surface area contributed by atoms with Gasteiger partial charge in [-0.2, -0.15) is 0 Å². The van der Waals surface area contributed by atoms with Crippen LogP contribution in [-0.2, 0) is 4.79 Å². The Morgan fingerprint density at radius 3 is 2.71 bits per heavy atom. The first-order valence-electron chi connectivity index (χ1n) is 5.59. The fourth-order valence-electron chi connectivity index (χ4n) is 2.38. The molecule has 2 saturated heterocycles. The van der Waals surface area contributed by atoms with E-state index in [9.17, 15) is 4.79 Å². The molecule has 3 fully saturated rings. The molecule has 0 aromatic carbocycles. The van der Waals surface area contributed by atoms with Crippen LogP contribution in [0, 0.1) is 11.8 Å². The molecule has 3 atom stereocenters. The number of carbonyl (C=O) groups is 1. The van der Waals surface area contributed by atoms with Gasteiger partial charge in [-0.3, -0.25) is 4.79 Å². The Bertz CT molecular complexity index is 236. The van der Waals surface area contributed by atoms with E-state index in [0.29, 0.717) is 12.0 Å². The highest BCUT2D eigenvalue weighted by atomic mass is 16.2. The summed E-state index contributed by atoms with van der Waals surface area (Å²) in [5.41, 5.74) is -0.0495. The van der Waals surface area contributed by atoms with E-state index in [1.807, 2.05) is 0 Å². The van der Waals surface area contributed by atoms with Crippen LogP contribution in [0.2, 0.25) is 0 Å². The maximum absolute atomic E-state index is 11.9. The van der Waals surface area contributed by atoms with Gasteiger partial charge in [0.2, 0.25) is 5.91 Å². The normalized spacial score (nSPS) is 35.2. The van der Waals surface area contributed by atoms with Gasteiger partial charge in [0.15, 0.2) is 0 Å². The van der Waals surface area contributed by atoms with E-state index in [2.05, 4.69) is 31.4 Å². The van der Waals surface area contributed by atoms with Gasteiger partial charge in [0, 0.05) is 11.6 Å². The summed E-state index contributed by atoms with van der Waals surface area (Å²) in [5.74, 6) is 1.11. The monoisotopic (exact) mass is 196 g/mol. The third-order valence-corrected chi connectivity index (χ3v) is 3.79. The summed E-state index contributed by atoms with van der Waals surface area (Å²) >= 11 is 0. The van der Waals surface area contributed by atoms with Gasteiger partial charge in [-0.15, -0.1) is 0 Å². The number of amides is 1. The van der Waals surface area contributed by atoms with Gasteiger partial charge in [0.1, 0.15) is 0 Å². The molecule has 2 N–H and O–H groups in total. The minimum absolute atomic E-state index is 0.0495. The van der Waals surface area contributed by atoms with E-state index in [1.54, 1.807) is 0 Å². The highest BCUT2D eigenvalue weighted by molar-refractivity contribution is 5.82. The van der Waals surface area contributed by atoms with Crippen molar-refractivity contribution >= 4 is 5.91 Å². The summed E-state index contributed by atoms with van der Waals surface area (Å²) in [6.07, 6.45) is 2.18. The zero-order valence-electron chi connectivity index (χ0n) is 9.26. The molecular weight excluding hydrogens is 176 g/mol. The second-order valence-corrected chi connectivity index (χ2v) is 5.26. The second-order valence-electron chi connectivity index (χ2n) is 5.26. The quantitative estimate of drug-likeness (QED) is 0.704. The van der Waals surface area contributed by atoms with Crippen molar-refractivity contribution in [3.8, 4) is 0 Å². The summed E-state index contributed by atoms with van der Waals surface area (Å²) in [6, 6.07) is 0.465. The number of carbonyl (C=O) groups excluding carboxylic acids is 1. The van der Waals surface area contributed by atoms with Crippen molar-refractivity contribution in [1.82, 2.24) is 10.6 Å². The van der Waals surface area contributed by atoms with Crippen molar-refractivity contribution < 1.29 is 4.79 Å². The Morgan fingerprint density at radius 1 is 1.57 bits per heavy atom. The molecule has 0 radical (unpaired) electrons. The molecule has 1 saturated carbocycles. The largest absolute Gasteiger partial charge is 0.351 e. The van der Waals surface area contributed by atoms with Crippen molar-refractivity contribution in [2.24, 2.45) is 11.8 Å². The molecular formula is C11H20N2O. The zero-order valence-corrected chi connectivity index (χ0v) is 9.26. The second kappa shape index (κ2) is 3.23. The lowest BCUT2D eigenvalue weighted by Gasteiger charge is -2.36. The van der Waals surface area contributed by atoms with Gasteiger partial charge < -0.3 is 10.6 Å². The van der Waals surface area contributed by atoms with E-state index in [1.165, 1.54) is 6.42 Å². The minimum Gasteiger partial charge on any atom is -0.351 e. The summed E-state index contributed by atoms with van der Waals surface area (Å²) in [5, 5.41) is 6.50. The van der Waals surface area contributed by atoms with E-state index in [4.69, 9.17) is 0 Å². The Balaban J connectivity index is 1.91. The summed E-state index contributed by atoms with van der Waals surface area (Å²) in [4.78, 5) is 11.9. The first-order chi connectivity index (χ1) is 6.53. The van der Waals surface area contributed by atoms with Crippen LogP contribution < -0.4 is 10.6 Å². The van der Waals surface area contributed by atoms with Gasteiger partial charge in [0.25, 0.3) is 0 Å². The first kappa shape index (κ1) is 9.97. The number of rotatable bonds is 3. The van der Waals surface area contributed by atoms with Crippen LogP contribution >= 0.6 is 0 Å². The first-order valence-corrected chi connectivity index (χ1v) is 5.59. The molecule has 1 amide bonds. The van der Waals surface area contributed by atoms with E-state index in [-0.39, 0.29) is 17.4 Å². The smallest absolute Gasteiger partial charge is 0.225 e. The Kier molecular flexibility index (Phi) is 2.30. The molecule has 3 unspecified atom stereocenters. The predicted octanol–water partition coefficient (Wildman–Crippen LogP) is 0.899. The van der Waals surface area contributed by atoms with Crippen LogP contribution in [0.5, 0.6) is 0 Å². The van der Waals surface area contributed by atoms with Crippen LogP contribution in [-0.4, -0.2) is 24.0 Å². The topological polar surface area (TPSA) is 41.1 Å². The van der Waals surface area contributed by atoms with Crippen LogP contribution in [0.1, 0.15) is 33.6 Å². The van der Waals surface area contributed by atoms with Crippen molar-refractivity contribution in [3.05, 3.63) is 0 Å². The van der Waals surface area contributed by atoms with E-state index in [0.717, 1.165) is 13.0 Å². The Hall–Kier alpha value is -0.570. The van der Waals surface area contributed by atoms with Gasteiger partial charge in [-0.05, 0) is 39.2 Å². The fraction of sp³-hybridized carbons (Fsp3) is 0.909. The molecule has 2 bridgehead atoms. The van der Waals surface area contributed by atoms with Crippen molar-refractivity contribution in [2.45, 2.75) is 45.2 Å². The third kappa shape index (κ3) is 1.54. The molecule has 3 aliphatic rings. The Labute approximate surface area is 85.6 Å². The molecule has 0 spiro atoms. The maximum Gasteiger partial charge on any atom is 0.225 e. The molecule has 0 aromatic heterocycles. The SMILES string of the molecule is CCC(C)(C)NC(=O)C1C2CNC1C2. The zero-order chi connectivity index (χ0) is 10.3. The van der Waals surface area contributed by atoms with Gasteiger partial charge in [-0.1, -0.05) is 6.92 Å². The van der Waals surface area contributed by atoms with Crippen LogP contribution in [0.15, 0.2) is 0 Å². The number of nitrogens with one attached hydrogen (secondary N) is 2. The Morgan fingerprint density at radius 2 is 2.29 bits per heavy atom. The lowest BCUT2D eigenvalue weighted by Crippen LogP contribution is -2.53. The summed E-state index contributed by atoms with van der Waals surface area (Å²) in [7, 11) is 0. The number of hydrogen-bond acceptors (Lipinski definition) is 2. The molecule has 0 aromatic rings. The minimum atomic E-state index is -0.0495. The van der Waals surface area contributed by atoms with Gasteiger partial charge >= 0.3 is 0 Å². The lowest BCUT2D eigenvalue weighted by atomic mass is 9.73. The van der Waals surface area contributed by atoms with Crippen LogP contribution in [0.3, 0.4) is 0 Å². The molecule has 3 rings (SSSR count). The highest BCUT2D eigenvalue weighted by Gasteiger charge is 2.51. The van der Waals surface area contributed by atoms with Crippen LogP contribution in [0.4, 0.5) is 0 Å². The third-order valence-electron chi connectivity index (χ3n) is 3.79. The molecule has 1 aliphatic carbocycles. The molecule has 14 heavy (non-hydrogen) atoms. The van der Waals surface area contributed by atoms with Crippen molar-refractivity contribution in [1.29, 1.82) is 0 Å². The number of hydrogen-bond donors (Lipinski definition) is 2. The fourth-order valence-corrected chi connectivity index (χ4v) is 2.38. The summed E-state index contributed by atoms with van der Waals surface area (Å²) < 4.78 is 0. The van der Waals surface area contributed by atoms with Gasteiger partial charge in [0.05, 0.1) is 5.92 Å². The number of fused-ring (bicyclic) bond motifs is 1. The van der Waals surface area contributed by atoms with Gasteiger partial charge in [-0.25, -0.2) is 0 Å². The maximum atomic E-state index is 11.9. The average molecular weight is 196 g/mol. The van der Waals surface area contributed by atoms with Crippen LogP contribution in [0.25, 0.3) is 0 Å². The average Bonchev–Trinajstić information content (AvgIpc) is 2.62. The van der Waals surface area contributed by atoms with Crippen molar-refractivity contribution in [3.63, 3.8) is 0 Å². The van der Waals surface area contributed by atoms with Crippen molar-refractivity contribution in [2.75, 3.05) is 6.54 Å². The molecule has 80 valence electrons. The standard InChI is InChI=1S/C11H20N2O/c1-4-11(2,3)13-10(14)9-7-5-8(9)12-6-7/h7-9,12H,4-6H2,1-3H3,(H,13,14). The molecule has 3 nitrogen and oxygen atoms in total. The lowest BCUT2D eigenvalue weighted by molar-refractivity contribution is -0.131. The molecule has 3 heteroatoms. The molecule has 2 heterocycles. The molecule has 2 aliphatic heterocycles. The highest BCUT2D eigenvalue weighted by Crippen LogP contribution is 2.40. The van der Waals surface area contributed by atoms with E-state index >= 15 is 0 Å². The predicted molar refractivity (Wildman–Crippen MR) is 55.9 cm³/mol. The van der Waals surface area contributed by atoms with E-state index < -0.39 is 0 Å². The summed E-state index contributed by atoms with van der Waals surface area (Å²) in [6.45, 7) is 7.31.